The maximum atomic E-state index is 12.7. The number of carboxylic acid groups (broad SMARTS) is 1. The van der Waals surface area contributed by atoms with E-state index in [0.717, 1.165) is 22.2 Å². The number of hydrogen-bond donors (Lipinski definition) is 1. The van der Waals surface area contributed by atoms with Crippen molar-refractivity contribution in [1.29, 1.82) is 0 Å². The van der Waals surface area contributed by atoms with Gasteiger partial charge in [-0.3, -0.25) is 14.7 Å². The van der Waals surface area contributed by atoms with Crippen LogP contribution in [0.3, 0.4) is 0 Å². The summed E-state index contributed by atoms with van der Waals surface area (Å²) in [4.78, 5) is 29.9. The number of carbonyl (C=O) groups excluding carboxylic acids is 1. The van der Waals surface area contributed by atoms with Gasteiger partial charge in [0.2, 0.25) is 0 Å². The van der Waals surface area contributed by atoms with E-state index in [1.54, 1.807) is 60.9 Å². The number of amides is 1. The maximum Gasteiger partial charge on any atom is 0.331 e. The van der Waals surface area contributed by atoms with Gasteiger partial charge in [-0.2, -0.15) is 0 Å². The van der Waals surface area contributed by atoms with Gasteiger partial charge in [0, 0.05) is 12.4 Å². The molecule has 1 unspecified atom stereocenters. The van der Waals surface area contributed by atoms with Crippen molar-refractivity contribution in [2.45, 2.75) is 6.04 Å². The van der Waals surface area contributed by atoms with E-state index in [1.165, 1.54) is 0 Å². The summed E-state index contributed by atoms with van der Waals surface area (Å²) in [5.41, 5.74) is 1.31. The molecule has 5 nitrogen and oxygen atoms in total. The lowest BCUT2D eigenvalue weighted by molar-refractivity contribution is -0.145. The summed E-state index contributed by atoms with van der Waals surface area (Å²) in [7, 11) is 0. The van der Waals surface area contributed by atoms with Crippen LogP contribution in [-0.4, -0.2) is 31.2 Å². The van der Waals surface area contributed by atoms with Crippen LogP contribution in [0.5, 0.6) is 0 Å². The predicted molar refractivity (Wildman–Crippen MR) is 96.1 cm³/mol. The molecule has 0 aliphatic carbocycles. The van der Waals surface area contributed by atoms with E-state index >= 15 is 0 Å². The number of hydrogen-bond acceptors (Lipinski definition) is 5. The molecule has 0 saturated carbocycles. The first-order valence-electron chi connectivity index (χ1n) is 7.03. The standard InChI is InChI=1S/C17H12N2O3S2/c20-15-13(10-11-6-8-18-9-7-11)24-17(23)19(15)14(16(21)22)12-4-2-1-3-5-12/h1-10,14H,(H,21,22)/b13-10+. The van der Waals surface area contributed by atoms with E-state index in [2.05, 4.69) is 4.98 Å². The first-order valence-corrected chi connectivity index (χ1v) is 8.25. The van der Waals surface area contributed by atoms with Gasteiger partial charge in [0.05, 0.1) is 4.91 Å². The average Bonchev–Trinajstić information content (AvgIpc) is 2.85. The number of rotatable bonds is 4. The minimum atomic E-state index is -1.14. The molecule has 1 N–H and O–H groups in total. The second kappa shape index (κ2) is 6.94. The second-order valence-corrected chi connectivity index (χ2v) is 6.66. The molecule has 1 saturated heterocycles. The summed E-state index contributed by atoms with van der Waals surface area (Å²) in [6, 6.07) is 11.0. The number of carbonyl (C=O) groups is 2. The van der Waals surface area contributed by atoms with E-state index in [1.807, 2.05) is 0 Å². The highest BCUT2D eigenvalue weighted by molar-refractivity contribution is 8.26. The first kappa shape index (κ1) is 16.4. The van der Waals surface area contributed by atoms with Crippen molar-refractivity contribution in [3.05, 3.63) is 70.9 Å². The van der Waals surface area contributed by atoms with Gasteiger partial charge in [0.1, 0.15) is 4.32 Å². The van der Waals surface area contributed by atoms with Crippen LogP contribution in [0.4, 0.5) is 0 Å². The van der Waals surface area contributed by atoms with Crippen molar-refractivity contribution in [2.24, 2.45) is 0 Å². The normalized spacial score (nSPS) is 17.3. The van der Waals surface area contributed by atoms with E-state index in [-0.39, 0.29) is 4.32 Å². The van der Waals surface area contributed by atoms with E-state index in [4.69, 9.17) is 12.2 Å². The van der Waals surface area contributed by atoms with Gasteiger partial charge < -0.3 is 5.11 Å². The number of aromatic nitrogens is 1. The molecular weight excluding hydrogens is 344 g/mol. The Morgan fingerprint density at radius 1 is 1.21 bits per heavy atom. The van der Waals surface area contributed by atoms with Crippen LogP contribution in [0.25, 0.3) is 6.08 Å². The zero-order valence-corrected chi connectivity index (χ0v) is 14.0. The van der Waals surface area contributed by atoms with Crippen LogP contribution in [0.15, 0.2) is 59.8 Å². The fraction of sp³-hybridized carbons (Fsp3) is 0.0588. The Balaban J connectivity index is 1.96. The minimum absolute atomic E-state index is 0.233. The third-order valence-corrected chi connectivity index (χ3v) is 4.77. The maximum absolute atomic E-state index is 12.7. The molecule has 0 radical (unpaired) electrons. The highest BCUT2D eigenvalue weighted by Crippen LogP contribution is 2.38. The summed E-state index contributed by atoms with van der Waals surface area (Å²) in [5.74, 6) is -1.53. The molecule has 1 aliphatic rings. The molecule has 1 aromatic carbocycles. The van der Waals surface area contributed by atoms with Crippen molar-refractivity contribution in [3.63, 3.8) is 0 Å². The van der Waals surface area contributed by atoms with Crippen LogP contribution in [-0.2, 0) is 9.59 Å². The largest absolute Gasteiger partial charge is 0.479 e. The summed E-state index contributed by atoms with van der Waals surface area (Å²) in [6.07, 6.45) is 4.93. The number of pyridine rings is 1. The van der Waals surface area contributed by atoms with Crippen molar-refractivity contribution >= 4 is 46.3 Å². The second-order valence-electron chi connectivity index (χ2n) is 4.98. The Hall–Kier alpha value is -2.51. The molecule has 1 amide bonds. The lowest BCUT2D eigenvalue weighted by Crippen LogP contribution is -2.37. The number of thioether (sulfide) groups is 1. The summed E-state index contributed by atoms with van der Waals surface area (Å²) >= 11 is 6.36. The van der Waals surface area contributed by atoms with Gasteiger partial charge in [-0.15, -0.1) is 0 Å². The van der Waals surface area contributed by atoms with Gasteiger partial charge in [-0.05, 0) is 29.3 Å². The van der Waals surface area contributed by atoms with Gasteiger partial charge in [0.25, 0.3) is 5.91 Å². The molecule has 120 valence electrons. The zero-order valence-electron chi connectivity index (χ0n) is 12.3. The summed E-state index contributed by atoms with van der Waals surface area (Å²) in [5, 5.41) is 9.61. The molecule has 1 fully saturated rings. The van der Waals surface area contributed by atoms with Crippen molar-refractivity contribution in [3.8, 4) is 0 Å². The summed E-state index contributed by atoms with van der Waals surface area (Å²) in [6.45, 7) is 0. The Kier molecular flexibility index (Phi) is 4.73. The number of nitrogens with zero attached hydrogens (tertiary/aromatic N) is 2. The molecule has 2 aromatic rings. The number of aliphatic carboxylic acids is 1. The SMILES string of the molecule is O=C(O)C(c1ccccc1)N1C(=O)/C(=C\c2ccncc2)SC1=S. The zero-order chi connectivity index (χ0) is 17.1. The van der Waals surface area contributed by atoms with Gasteiger partial charge in [0.15, 0.2) is 6.04 Å². The molecule has 1 aliphatic heterocycles. The van der Waals surface area contributed by atoms with E-state index in [0.29, 0.717) is 10.5 Å². The third kappa shape index (κ3) is 3.22. The van der Waals surface area contributed by atoms with Crippen LogP contribution >= 0.6 is 24.0 Å². The molecule has 0 spiro atoms. The molecule has 0 bridgehead atoms. The molecule has 1 aromatic heterocycles. The molecule has 24 heavy (non-hydrogen) atoms. The molecule has 2 heterocycles. The van der Waals surface area contributed by atoms with Gasteiger partial charge in [-0.25, -0.2) is 4.79 Å². The van der Waals surface area contributed by atoms with Gasteiger partial charge >= 0.3 is 5.97 Å². The van der Waals surface area contributed by atoms with Crippen molar-refractivity contribution in [1.82, 2.24) is 9.88 Å². The first-order chi connectivity index (χ1) is 11.6. The third-order valence-electron chi connectivity index (χ3n) is 3.43. The monoisotopic (exact) mass is 356 g/mol. The Morgan fingerprint density at radius 3 is 2.50 bits per heavy atom. The lowest BCUT2D eigenvalue weighted by atomic mass is 10.1. The van der Waals surface area contributed by atoms with Crippen molar-refractivity contribution in [2.75, 3.05) is 0 Å². The molecule has 3 rings (SSSR count). The van der Waals surface area contributed by atoms with Crippen LogP contribution in [0, 0.1) is 0 Å². The van der Waals surface area contributed by atoms with Crippen LogP contribution in [0.2, 0.25) is 0 Å². The molecule has 7 heteroatoms. The van der Waals surface area contributed by atoms with E-state index in [9.17, 15) is 14.7 Å². The lowest BCUT2D eigenvalue weighted by Gasteiger charge is -2.23. The highest BCUT2D eigenvalue weighted by atomic mass is 32.2. The highest BCUT2D eigenvalue weighted by Gasteiger charge is 2.41. The Bertz CT molecular complexity index is 822. The number of carboxylic acids is 1. The topological polar surface area (TPSA) is 70.5 Å². The Morgan fingerprint density at radius 2 is 1.88 bits per heavy atom. The average molecular weight is 356 g/mol. The summed E-state index contributed by atoms with van der Waals surface area (Å²) < 4.78 is 0.233. The molecule has 1 atom stereocenters. The smallest absolute Gasteiger partial charge is 0.331 e. The van der Waals surface area contributed by atoms with Crippen molar-refractivity contribution < 1.29 is 14.7 Å². The van der Waals surface area contributed by atoms with Gasteiger partial charge in [-0.1, -0.05) is 54.3 Å². The Labute approximate surface area is 148 Å². The quantitative estimate of drug-likeness (QED) is 0.670. The fourth-order valence-electron chi connectivity index (χ4n) is 2.35. The number of thiocarbonyl (C=S) groups is 1. The fourth-order valence-corrected chi connectivity index (χ4v) is 3.66. The predicted octanol–water partition coefficient (Wildman–Crippen LogP) is 3.11. The van der Waals surface area contributed by atoms with E-state index < -0.39 is 17.9 Å². The number of benzene rings is 1. The van der Waals surface area contributed by atoms with Crippen LogP contribution in [0.1, 0.15) is 17.2 Å². The van der Waals surface area contributed by atoms with Crippen LogP contribution < -0.4 is 0 Å². The minimum Gasteiger partial charge on any atom is -0.479 e. The molecular formula is C17H12N2O3S2.